The lowest BCUT2D eigenvalue weighted by atomic mass is 10.1. The molecule has 0 saturated carbocycles. The van der Waals surface area contributed by atoms with Crippen LogP contribution in [0.25, 0.3) is 10.9 Å². The number of anilines is 1. The quantitative estimate of drug-likeness (QED) is 0.692. The van der Waals surface area contributed by atoms with Gasteiger partial charge < -0.3 is 5.32 Å². The van der Waals surface area contributed by atoms with Crippen LogP contribution in [0.15, 0.2) is 30.5 Å². The number of para-hydroxylation sites is 1. The third-order valence-corrected chi connectivity index (χ3v) is 4.57. The van der Waals surface area contributed by atoms with Crippen LogP contribution in [0.5, 0.6) is 0 Å². The van der Waals surface area contributed by atoms with Gasteiger partial charge in [0.1, 0.15) is 11.9 Å². The van der Waals surface area contributed by atoms with Gasteiger partial charge in [-0.25, -0.2) is 4.98 Å². The first-order chi connectivity index (χ1) is 9.75. The number of rotatable bonds is 3. The molecule has 0 unspecified atom stereocenters. The first-order valence-corrected chi connectivity index (χ1v) is 7.77. The molecule has 3 rings (SSSR count). The number of benzene rings is 1. The number of nitro groups is 1. The summed E-state index contributed by atoms with van der Waals surface area (Å²) in [7, 11) is 0. The SMILES string of the molecule is O=[N+]([O-])c1cnc2ccccc2c1NC1CCSCC1. The number of pyridine rings is 1. The lowest BCUT2D eigenvalue weighted by molar-refractivity contribution is -0.384. The van der Waals surface area contributed by atoms with Gasteiger partial charge in [-0.1, -0.05) is 18.2 Å². The Kier molecular flexibility index (Phi) is 3.73. The van der Waals surface area contributed by atoms with Gasteiger partial charge >= 0.3 is 5.69 Å². The first kappa shape index (κ1) is 13.2. The standard InChI is InChI=1S/C14H15N3O2S/c18-17(19)13-9-15-12-4-2-1-3-11(12)14(13)16-10-5-7-20-8-6-10/h1-4,9-10H,5-8H2,(H,15,16). The van der Waals surface area contributed by atoms with Crippen molar-refractivity contribution in [1.82, 2.24) is 4.98 Å². The maximum Gasteiger partial charge on any atom is 0.311 e. The molecule has 0 aliphatic carbocycles. The van der Waals surface area contributed by atoms with E-state index >= 15 is 0 Å². The Morgan fingerprint density at radius 1 is 1.30 bits per heavy atom. The Labute approximate surface area is 120 Å². The molecule has 0 spiro atoms. The third kappa shape index (κ3) is 2.56. The molecule has 0 atom stereocenters. The van der Waals surface area contributed by atoms with Gasteiger partial charge in [-0.3, -0.25) is 10.1 Å². The van der Waals surface area contributed by atoms with Crippen LogP contribution < -0.4 is 5.32 Å². The van der Waals surface area contributed by atoms with Crippen LogP contribution in [0, 0.1) is 10.1 Å². The smallest absolute Gasteiger partial charge is 0.311 e. The van der Waals surface area contributed by atoms with Gasteiger partial charge in [0.15, 0.2) is 0 Å². The Hall–Kier alpha value is -1.82. The zero-order chi connectivity index (χ0) is 13.9. The van der Waals surface area contributed by atoms with Crippen molar-refractivity contribution in [2.45, 2.75) is 18.9 Å². The molecule has 1 aromatic carbocycles. The second-order valence-electron chi connectivity index (χ2n) is 4.82. The highest BCUT2D eigenvalue weighted by Crippen LogP contribution is 2.33. The number of hydrogen-bond donors (Lipinski definition) is 1. The summed E-state index contributed by atoms with van der Waals surface area (Å²) in [5.74, 6) is 2.21. The predicted octanol–water partition coefficient (Wildman–Crippen LogP) is 3.45. The predicted molar refractivity (Wildman–Crippen MR) is 82.4 cm³/mol. The molecule has 2 heterocycles. The fourth-order valence-corrected chi connectivity index (χ4v) is 3.57. The summed E-state index contributed by atoms with van der Waals surface area (Å²) in [6.45, 7) is 0. The maximum atomic E-state index is 11.2. The number of fused-ring (bicyclic) bond motifs is 1. The normalized spacial score (nSPS) is 16.2. The van der Waals surface area contributed by atoms with E-state index in [-0.39, 0.29) is 10.6 Å². The highest BCUT2D eigenvalue weighted by atomic mass is 32.2. The van der Waals surface area contributed by atoms with Crippen LogP contribution in [-0.2, 0) is 0 Å². The van der Waals surface area contributed by atoms with Gasteiger partial charge in [0.05, 0.1) is 10.4 Å². The van der Waals surface area contributed by atoms with E-state index in [0.717, 1.165) is 35.3 Å². The van der Waals surface area contributed by atoms with E-state index in [2.05, 4.69) is 10.3 Å². The highest BCUT2D eigenvalue weighted by molar-refractivity contribution is 7.99. The number of hydrogen-bond acceptors (Lipinski definition) is 5. The van der Waals surface area contributed by atoms with Gasteiger partial charge in [0, 0.05) is 11.4 Å². The summed E-state index contributed by atoms with van der Waals surface area (Å²) in [4.78, 5) is 15.0. The first-order valence-electron chi connectivity index (χ1n) is 6.62. The summed E-state index contributed by atoms with van der Waals surface area (Å²) in [6.07, 6.45) is 3.43. The molecule has 5 nitrogen and oxygen atoms in total. The van der Waals surface area contributed by atoms with Crippen molar-refractivity contribution in [3.05, 3.63) is 40.6 Å². The van der Waals surface area contributed by atoms with Crippen LogP contribution in [0.1, 0.15) is 12.8 Å². The van der Waals surface area contributed by atoms with Crippen LogP contribution >= 0.6 is 11.8 Å². The van der Waals surface area contributed by atoms with E-state index in [1.807, 2.05) is 36.0 Å². The largest absolute Gasteiger partial charge is 0.376 e. The zero-order valence-electron chi connectivity index (χ0n) is 10.9. The van der Waals surface area contributed by atoms with E-state index in [4.69, 9.17) is 0 Å². The average Bonchev–Trinajstić information content (AvgIpc) is 2.48. The molecule has 1 aliphatic heterocycles. The Balaban J connectivity index is 2.04. The average molecular weight is 289 g/mol. The van der Waals surface area contributed by atoms with E-state index in [1.165, 1.54) is 6.20 Å². The molecule has 2 aromatic rings. The molecule has 0 amide bonds. The molecule has 1 saturated heterocycles. The fourth-order valence-electron chi connectivity index (χ4n) is 2.47. The Morgan fingerprint density at radius 2 is 2.05 bits per heavy atom. The van der Waals surface area contributed by atoms with Gasteiger partial charge in [-0.15, -0.1) is 0 Å². The summed E-state index contributed by atoms with van der Waals surface area (Å²) >= 11 is 1.94. The van der Waals surface area contributed by atoms with Crippen molar-refractivity contribution in [2.24, 2.45) is 0 Å². The molecular formula is C14H15N3O2S. The molecule has 0 radical (unpaired) electrons. The van der Waals surface area contributed by atoms with E-state index in [0.29, 0.717) is 11.7 Å². The summed E-state index contributed by atoms with van der Waals surface area (Å²) in [5, 5.41) is 15.4. The van der Waals surface area contributed by atoms with Gasteiger partial charge in [-0.2, -0.15) is 11.8 Å². The third-order valence-electron chi connectivity index (χ3n) is 3.52. The molecule has 1 aromatic heterocycles. The van der Waals surface area contributed by atoms with Crippen molar-refractivity contribution in [3.8, 4) is 0 Å². The van der Waals surface area contributed by atoms with E-state index in [9.17, 15) is 10.1 Å². The molecule has 0 bridgehead atoms. The van der Waals surface area contributed by atoms with Gasteiger partial charge in [0.2, 0.25) is 0 Å². The van der Waals surface area contributed by atoms with Crippen molar-refractivity contribution in [3.63, 3.8) is 0 Å². The molecule has 20 heavy (non-hydrogen) atoms. The Bertz CT molecular complexity index is 641. The topological polar surface area (TPSA) is 68.1 Å². The molecule has 104 valence electrons. The molecule has 1 fully saturated rings. The zero-order valence-corrected chi connectivity index (χ0v) is 11.7. The highest BCUT2D eigenvalue weighted by Gasteiger charge is 2.22. The molecule has 1 N–H and O–H groups in total. The van der Waals surface area contributed by atoms with Crippen molar-refractivity contribution >= 4 is 34.0 Å². The van der Waals surface area contributed by atoms with Crippen LogP contribution in [0.2, 0.25) is 0 Å². The lowest BCUT2D eigenvalue weighted by Gasteiger charge is -2.24. The molecular weight excluding hydrogens is 274 g/mol. The number of nitrogens with zero attached hydrogens (tertiary/aromatic N) is 2. The second kappa shape index (κ2) is 5.66. The summed E-state index contributed by atoms with van der Waals surface area (Å²) in [6, 6.07) is 7.84. The number of nitrogens with one attached hydrogen (secondary N) is 1. The Morgan fingerprint density at radius 3 is 2.80 bits per heavy atom. The minimum Gasteiger partial charge on any atom is -0.376 e. The minimum atomic E-state index is -0.362. The second-order valence-corrected chi connectivity index (χ2v) is 6.05. The van der Waals surface area contributed by atoms with E-state index < -0.39 is 0 Å². The van der Waals surface area contributed by atoms with Crippen molar-refractivity contribution < 1.29 is 4.92 Å². The maximum absolute atomic E-state index is 11.2. The lowest BCUT2D eigenvalue weighted by Crippen LogP contribution is -2.25. The van der Waals surface area contributed by atoms with Crippen LogP contribution in [0.3, 0.4) is 0 Å². The van der Waals surface area contributed by atoms with Crippen molar-refractivity contribution in [1.29, 1.82) is 0 Å². The van der Waals surface area contributed by atoms with Crippen LogP contribution in [-0.4, -0.2) is 27.5 Å². The number of aromatic nitrogens is 1. The van der Waals surface area contributed by atoms with Crippen molar-refractivity contribution in [2.75, 3.05) is 16.8 Å². The monoisotopic (exact) mass is 289 g/mol. The van der Waals surface area contributed by atoms with Gasteiger partial charge in [-0.05, 0) is 30.4 Å². The fraction of sp³-hybridized carbons (Fsp3) is 0.357. The van der Waals surface area contributed by atoms with Crippen LogP contribution in [0.4, 0.5) is 11.4 Å². The molecule has 1 aliphatic rings. The minimum absolute atomic E-state index is 0.0573. The number of thioether (sulfide) groups is 1. The molecule has 6 heteroatoms. The van der Waals surface area contributed by atoms with Gasteiger partial charge in [0.25, 0.3) is 0 Å². The summed E-state index contributed by atoms with van der Waals surface area (Å²) in [5.41, 5.74) is 1.45. The van der Waals surface area contributed by atoms with E-state index in [1.54, 1.807) is 0 Å². The summed E-state index contributed by atoms with van der Waals surface area (Å²) < 4.78 is 0.